The summed E-state index contributed by atoms with van der Waals surface area (Å²) in [6.07, 6.45) is 2.40. The van der Waals surface area contributed by atoms with E-state index in [2.05, 4.69) is 20.0 Å². The number of amides is 2. The van der Waals surface area contributed by atoms with E-state index in [9.17, 15) is 18.4 Å². The second kappa shape index (κ2) is 10.3. The minimum Gasteiger partial charge on any atom is -0.453 e. The number of nitrogens with one attached hydrogen (secondary N) is 2. The molecule has 3 aromatic rings. The molecule has 4 rings (SSSR count). The van der Waals surface area contributed by atoms with Gasteiger partial charge in [0.1, 0.15) is 23.5 Å². The van der Waals surface area contributed by atoms with Crippen LogP contribution in [0.1, 0.15) is 38.6 Å². The average Bonchev–Trinajstić information content (AvgIpc) is 3.52. The predicted octanol–water partition coefficient (Wildman–Crippen LogP) is 4.65. The van der Waals surface area contributed by atoms with Crippen molar-refractivity contribution in [3.05, 3.63) is 60.1 Å². The molecule has 0 saturated carbocycles. The first-order valence-corrected chi connectivity index (χ1v) is 11.7. The Bertz CT molecular complexity index is 1280. The van der Waals surface area contributed by atoms with Gasteiger partial charge in [-0.2, -0.15) is 0 Å². The number of nitrogens with zero attached hydrogens (tertiary/aromatic N) is 2. The number of H-pyrrole nitrogens is 1. The molecular formula is C26H29F2N5O3. The Balaban J connectivity index is 1.56. The van der Waals surface area contributed by atoms with Gasteiger partial charge in [-0.05, 0) is 43.0 Å². The molecule has 1 saturated heterocycles. The van der Waals surface area contributed by atoms with Gasteiger partial charge in [0.15, 0.2) is 0 Å². The largest absolute Gasteiger partial charge is 0.453 e. The molecular weight excluding hydrogens is 468 g/mol. The number of benzene rings is 2. The molecule has 2 unspecified atom stereocenters. The Kier molecular flexibility index (Phi) is 7.23. The van der Waals surface area contributed by atoms with Crippen LogP contribution in [-0.4, -0.2) is 46.6 Å². The van der Waals surface area contributed by atoms with Crippen molar-refractivity contribution in [2.24, 2.45) is 5.92 Å². The van der Waals surface area contributed by atoms with Crippen LogP contribution in [0.15, 0.2) is 42.6 Å². The lowest BCUT2D eigenvalue weighted by Gasteiger charge is -2.30. The minimum atomic E-state index is -0.733. The molecule has 8 nitrogen and oxygen atoms in total. The van der Waals surface area contributed by atoms with Gasteiger partial charge in [-0.25, -0.2) is 18.6 Å². The number of hydrogen-bond acceptors (Lipinski definition) is 5. The average molecular weight is 498 g/mol. The number of ether oxygens (including phenoxy) is 1. The zero-order valence-electron chi connectivity index (χ0n) is 20.3. The fourth-order valence-corrected chi connectivity index (χ4v) is 4.50. The first kappa shape index (κ1) is 25.2. The highest BCUT2D eigenvalue weighted by atomic mass is 19.1. The number of rotatable bonds is 6. The standard InChI is InChI=1S/C26H29F2N5O3/c1-14(2)23(32-26(35)36-3)25(34)33-10-4-5-22(33)24-30-13-21(31-24)15-6-8-17(19(27)11-15)18-9-7-16(29)12-20(18)28/h6-9,11-14,22-23H,4-5,10,29H2,1-3H3,(H,30,31)(H,32,35). The maximum Gasteiger partial charge on any atom is 0.407 e. The summed E-state index contributed by atoms with van der Waals surface area (Å²) in [5.41, 5.74) is 7.21. The lowest BCUT2D eigenvalue weighted by atomic mass is 10.0. The summed E-state index contributed by atoms with van der Waals surface area (Å²) in [5.74, 6) is -0.962. The first-order chi connectivity index (χ1) is 17.2. The maximum absolute atomic E-state index is 14.9. The van der Waals surface area contributed by atoms with Crippen molar-refractivity contribution in [2.75, 3.05) is 19.4 Å². The lowest BCUT2D eigenvalue weighted by molar-refractivity contribution is -0.135. The van der Waals surface area contributed by atoms with Crippen LogP contribution in [0.4, 0.5) is 19.3 Å². The normalized spacial score (nSPS) is 16.3. The number of methoxy groups -OCH3 is 1. The van der Waals surface area contributed by atoms with E-state index in [0.29, 0.717) is 30.0 Å². The maximum atomic E-state index is 14.9. The summed E-state index contributed by atoms with van der Waals surface area (Å²) < 4.78 is 33.9. The van der Waals surface area contributed by atoms with Gasteiger partial charge in [0.2, 0.25) is 5.91 Å². The van der Waals surface area contributed by atoms with Gasteiger partial charge in [0.25, 0.3) is 0 Å². The van der Waals surface area contributed by atoms with Crippen LogP contribution in [0, 0.1) is 17.6 Å². The molecule has 190 valence electrons. The van der Waals surface area contributed by atoms with Crippen molar-refractivity contribution in [1.82, 2.24) is 20.2 Å². The zero-order chi connectivity index (χ0) is 26.0. The van der Waals surface area contributed by atoms with E-state index in [1.807, 2.05) is 13.8 Å². The molecule has 1 aliphatic rings. The Morgan fingerprint density at radius 2 is 1.86 bits per heavy atom. The van der Waals surface area contributed by atoms with Gasteiger partial charge in [-0.1, -0.05) is 26.0 Å². The SMILES string of the molecule is COC(=O)NC(C(=O)N1CCCC1c1ncc(-c2ccc(-c3ccc(N)cc3F)c(F)c2)[nH]1)C(C)C. The van der Waals surface area contributed by atoms with E-state index in [4.69, 9.17) is 5.73 Å². The summed E-state index contributed by atoms with van der Waals surface area (Å²) >= 11 is 0. The first-order valence-electron chi connectivity index (χ1n) is 11.7. The Morgan fingerprint density at radius 3 is 2.50 bits per heavy atom. The molecule has 2 heterocycles. The molecule has 10 heteroatoms. The van der Waals surface area contributed by atoms with Gasteiger partial charge in [0, 0.05) is 28.9 Å². The molecule has 1 fully saturated rings. The number of nitrogens with two attached hydrogens (primary N) is 1. The van der Waals surface area contributed by atoms with Gasteiger partial charge in [-0.3, -0.25) is 4.79 Å². The second-order valence-electron chi connectivity index (χ2n) is 9.16. The summed E-state index contributed by atoms with van der Waals surface area (Å²) in [6.45, 7) is 4.23. The number of nitrogen functional groups attached to an aromatic ring is 1. The topological polar surface area (TPSA) is 113 Å². The molecule has 2 atom stereocenters. The van der Waals surface area contributed by atoms with Gasteiger partial charge < -0.3 is 25.7 Å². The third-order valence-electron chi connectivity index (χ3n) is 6.40. The van der Waals surface area contributed by atoms with E-state index in [0.717, 1.165) is 12.5 Å². The van der Waals surface area contributed by atoms with Crippen LogP contribution < -0.4 is 11.1 Å². The van der Waals surface area contributed by atoms with Crippen LogP contribution in [-0.2, 0) is 9.53 Å². The molecule has 2 amide bonds. The third-order valence-corrected chi connectivity index (χ3v) is 6.40. The molecule has 1 aromatic heterocycles. The van der Waals surface area contributed by atoms with Crippen molar-refractivity contribution >= 4 is 17.7 Å². The molecule has 1 aliphatic heterocycles. The molecule has 0 radical (unpaired) electrons. The quantitative estimate of drug-likeness (QED) is 0.429. The van der Waals surface area contributed by atoms with Crippen LogP contribution in [0.5, 0.6) is 0 Å². The molecule has 2 aromatic carbocycles. The van der Waals surface area contributed by atoms with Crippen LogP contribution >= 0.6 is 0 Å². The van der Waals surface area contributed by atoms with Gasteiger partial charge in [0.05, 0.1) is 25.0 Å². The molecule has 0 aliphatic carbocycles. The zero-order valence-corrected chi connectivity index (χ0v) is 20.3. The number of hydrogen-bond donors (Lipinski definition) is 3. The van der Waals surface area contributed by atoms with E-state index in [1.54, 1.807) is 17.2 Å². The van der Waals surface area contributed by atoms with E-state index in [1.165, 1.54) is 31.4 Å². The number of aromatic nitrogens is 2. The highest BCUT2D eigenvalue weighted by molar-refractivity contribution is 5.86. The predicted molar refractivity (Wildman–Crippen MR) is 132 cm³/mol. The lowest BCUT2D eigenvalue weighted by Crippen LogP contribution is -2.51. The highest BCUT2D eigenvalue weighted by Gasteiger charge is 2.37. The summed E-state index contributed by atoms with van der Waals surface area (Å²) in [7, 11) is 1.25. The second-order valence-corrected chi connectivity index (χ2v) is 9.16. The fourth-order valence-electron chi connectivity index (χ4n) is 4.50. The number of anilines is 1. The number of halogens is 2. The number of alkyl carbamates (subject to hydrolysis) is 1. The van der Waals surface area contributed by atoms with Crippen molar-refractivity contribution in [3.63, 3.8) is 0 Å². The van der Waals surface area contributed by atoms with Crippen molar-refractivity contribution in [1.29, 1.82) is 0 Å². The third kappa shape index (κ3) is 5.02. The Labute approximate surface area is 207 Å². The van der Waals surface area contributed by atoms with Crippen LogP contribution in [0.3, 0.4) is 0 Å². The number of carbonyl (C=O) groups excluding carboxylic acids is 2. The van der Waals surface area contributed by atoms with E-state index < -0.39 is 23.8 Å². The number of carbonyl (C=O) groups is 2. The Hall–Kier alpha value is -3.95. The van der Waals surface area contributed by atoms with Crippen LogP contribution in [0.2, 0.25) is 0 Å². The van der Waals surface area contributed by atoms with Crippen molar-refractivity contribution in [2.45, 2.75) is 38.8 Å². The summed E-state index contributed by atoms with van der Waals surface area (Å²) in [6, 6.07) is 7.59. The summed E-state index contributed by atoms with van der Waals surface area (Å²) in [5, 5.41) is 2.62. The monoisotopic (exact) mass is 497 g/mol. The van der Waals surface area contributed by atoms with Crippen molar-refractivity contribution in [3.8, 4) is 22.4 Å². The Morgan fingerprint density at radius 1 is 1.17 bits per heavy atom. The molecule has 4 N–H and O–H groups in total. The molecule has 0 bridgehead atoms. The van der Waals surface area contributed by atoms with Gasteiger partial charge in [-0.15, -0.1) is 0 Å². The highest BCUT2D eigenvalue weighted by Crippen LogP contribution is 2.34. The number of aromatic amines is 1. The van der Waals surface area contributed by atoms with Gasteiger partial charge >= 0.3 is 6.09 Å². The smallest absolute Gasteiger partial charge is 0.407 e. The minimum absolute atomic E-state index is 0.124. The molecule has 36 heavy (non-hydrogen) atoms. The van der Waals surface area contributed by atoms with E-state index in [-0.39, 0.29) is 34.7 Å². The van der Waals surface area contributed by atoms with Crippen molar-refractivity contribution < 1.29 is 23.1 Å². The van der Waals surface area contributed by atoms with E-state index >= 15 is 0 Å². The summed E-state index contributed by atoms with van der Waals surface area (Å²) in [4.78, 5) is 34.4. The number of imidazole rings is 1. The van der Waals surface area contributed by atoms with Crippen LogP contribution in [0.25, 0.3) is 22.4 Å². The molecule has 0 spiro atoms. The fraction of sp³-hybridized carbons (Fsp3) is 0.346. The number of likely N-dealkylation sites (tertiary alicyclic amines) is 1.